The molecule has 194 valence electrons. The third-order valence-corrected chi connectivity index (χ3v) is 7.47. The number of aromatic nitrogens is 1. The van der Waals surface area contributed by atoms with Crippen LogP contribution in [-0.2, 0) is 9.53 Å². The monoisotopic (exact) mass is 532 g/mol. The number of nitrogens with two attached hydrogens (primary N) is 1. The number of hydrogen-bond acceptors (Lipinski definition) is 7. The molecule has 2 aromatic carbocycles. The van der Waals surface area contributed by atoms with Crippen LogP contribution in [0.2, 0.25) is 0 Å². The van der Waals surface area contributed by atoms with Crippen molar-refractivity contribution in [1.82, 2.24) is 9.88 Å². The molecule has 3 N–H and O–H groups in total. The van der Waals surface area contributed by atoms with Crippen LogP contribution in [0.25, 0.3) is 21.7 Å². The molecule has 1 aliphatic heterocycles. The predicted molar refractivity (Wildman–Crippen MR) is 131 cm³/mol. The van der Waals surface area contributed by atoms with Crippen molar-refractivity contribution >= 4 is 28.8 Å². The predicted octanol–water partition coefficient (Wildman–Crippen LogP) is 4.28. The molecule has 8 nitrogen and oxygen atoms in total. The van der Waals surface area contributed by atoms with E-state index in [2.05, 4.69) is 15.0 Å². The zero-order valence-corrected chi connectivity index (χ0v) is 20.3. The average molecular weight is 533 g/mol. The smallest absolute Gasteiger partial charge is 0.404 e. The molecule has 0 atom stereocenters. The fourth-order valence-corrected chi connectivity index (χ4v) is 5.17. The Labute approximate surface area is 214 Å². The van der Waals surface area contributed by atoms with Crippen molar-refractivity contribution < 1.29 is 32.2 Å². The maximum absolute atomic E-state index is 13.3. The lowest BCUT2D eigenvalue weighted by atomic mass is 10.0. The first-order chi connectivity index (χ1) is 17.6. The molecule has 37 heavy (non-hydrogen) atoms. The van der Waals surface area contributed by atoms with E-state index in [1.165, 1.54) is 24.4 Å². The Morgan fingerprint density at radius 3 is 2.43 bits per heavy atom. The largest absolute Gasteiger partial charge is 0.573 e. The molecule has 3 aromatic rings. The van der Waals surface area contributed by atoms with Gasteiger partial charge >= 0.3 is 6.36 Å². The summed E-state index contributed by atoms with van der Waals surface area (Å²) in [6.07, 6.45) is -2.28. The standard InChI is InChI=1S/C25H23F3N4O4S/c26-25(27,28)36-19-5-4-16(15-2-1-3-17(12-15)22-30-14-20(37-22)21(29)33)13-18(19)31-23(34)24(6-7-24)32-8-10-35-11-9-32/h1-5,12-14H,6-11H2,(H2,29,33)(H,31,34). The number of carbonyl (C=O) groups excluding carboxylic acids is 2. The van der Waals surface area contributed by atoms with Gasteiger partial charge in [-0.2, -0.15) is 0 Å². The van der Waals surface area contributed by atoms with Gasteiger partial charge in [0.15, 0.2) is 5.75 Å². The molecule has 12 heteroatoms. The molecular formula is C25H23F3N4O4S. The third kappa shape index (κ3) is 5.45. The number of morpholine rings is 1. The molecule has 1 saturated heterocycles. The molecule has 1 aromatic heterocycles. The van der Waals surface area contributed by atoms with E-state index in [1.54, 1.807) is 24.3 Å². The van der Waals surface area contributed by atoms with Gasteiger partial charge in [-0.05, 0) is 42.2 Å². The number of hydrogen-bond donors (Lipinski definition) is 2. The first-order valence-electron chi connectivity index (χ1n) is 11.6. The van der Waals surface area contributed by atoms with E-state index in [9.17, 15) is 22.8 Å². The molecule has 0 bridgehead atoms. The Balaban J connectivity index is 1.45. The number of anilines is 1. The fourth-order valence-electron chi connectivity index (χ4n) is 4.41. The van der Waals surface area contributed by atoms with Gasteiger partial charge < -0.3 is 20.5 Å². The highest BCUT2D eigenvalue weighted by Gasteiger charge is 2.54. The number of rotatable bonds is 7. The molecule has 0 spiro atoms. The van der Waals surface area contributed by atoms with Crippen LogP contribution in [0.15, 0.2) is 48.7 Å². The van der Waals surface area contributed by atoms with Crippen molar-refractivity contribution in [1.29, 1.82) is 0 Å². The Hall–Kier alpha value is -3.48. The van der Waals surface area contributed by atoms with Crippen LogP contribution in [0.3, 0.4) is 0 Å². The molecular weight excluding hydrogens is 509 g/mol. The number of alkyl halides is 3. The molecule has 0 unspecified atom stereocenters. The van der Waals surface area contributed by atoms with Crippen LogP contribution in [0.1, 0.15) is 22.5 Å². The van der Waals surface area contributed by atoms with Gasteiger partial charge in [-0.25, -0.2) is 4.98 Å². The van der Waals surface area contributed by atoms with Crippen LogP contribution in [-0.4, -0.2) is 59.9 Å². The molecule has 2 aliphatic rings. The van der Waals surface area contributed by atoms with Crippen LogP contribution in [0.5, 0.6) is 5.75 Å². The van der Waals surface area contributed by atoms with Gasteiger partial charge in [0.25, 0.3) is 5.91 Å². The van der Waals surface area contributed by atoms with Gasteiger partial charge in [0.2, 0.25) is 5.91 Å². The summed E-state index contributed by atoms with van der Waals surface area (Å²) in [6, 6.07) is 11.3. The van der Waals surface area contributed by atoms with Crippen LogP contribution in [0, 0.1) is 0 Å². The first-order valence-corrected chi connectivity index (χ1v) is 12.4. The Morgan fingerprint density at radius 2 is 1.78 bits per heavy atom. The number of ether oxygens (including phenoxy) is 2. The second-order valence-corrected chi connectivity index (χ2v) is 9.85. The van der Waals surface area contributed by atoms with Crippen LogP contribution >= 0.6 is 11.3 Å². The SMILES string of the molecule is NC(=O)c1cnc(-c2cccc(-c3ccc(OC(F)(F)F)c(NC(=O)C4(N5CCOCC5)CC4)c3)c2)s1. The third-order valence-electron chi connectivity index (χ3n) is 6.41. The first kappa shape index (κ1) is 25.2. The van der Waals surface area contributed by atoms with Gasteiger partial charge in [-0.15, -0.1) is 24.5 Å². The molecule has 2 amide bonds. The number of benzene rings is 2. The van der Waals surface area contributed by atoms with E-state index in [1.807, 2.05) is 4.90 Å². The Morgan fingerprint density at radius 1 is 1.08 bits per heavy atom. The minimum atomic E-state index is -4.93. The van der Waals surface area contributed by atoms with Crippen molar-refractivity contribution in [3.05, 3.63) is 53.5 Å². The number of primary amides is 1. The van der Waals surface area contributed by atoms with Crippen molar-refractivity contribution in [2.24, 2.45) is 5.73 Å². The van der Waals surface area contributed by atoms with Crippen LogP contribution in [0.4, 0.5) is 18.9 Å². The molecule has 0 radical (unpaired) electrons. The number of carbonyl (C=O) groups is 2. The van der Waals surface area contributed by atoms with E-state index in [0.29, 0.717) is 65.7 Å². The molecule has 1 aliphatic carbocycles. The van der Waals surface area contributed by atoms with Crippen LogP contribution < -0.4 is 15.8 Å². The number of amides is 2. The van der Waals surface area contributed by atoms with E-state index >= 15 is 0 Å². The highest BCUT2D eigenvalue weighted by atomic mass is 32.1. The molecule has 2 heterocycles. The summed E-state index contributed by atoms with van der Waals surface area (Å²) in [7, 11) is 0. The number of halogens is 3. The van der Waals surface area contributed by atoms with Gasteiger partial charge in [-0.3, -0.25) is 14.5 Å². The van der Waals surface area contributed by atoms with Gasteiger partial charge in [-0.1, -0.05) is 24.3 Å². The van der Waals surface area contributed by atoms with Gasteiger partial charge in [0.1, 0.15) is 15.4 Å². The summed E-state index contributed by atoms with van der Waals surface area (Å²) in [6.45, 7) is 2.17. The topological polar surface area (TPSA) is 107 Å². The lowest BCUT2D eigenvalue weighted by molar-refractivity contribution is -0.274. The van der Waals surface area contributed by atoms with Crippen molar-refractivity contribution in [2.45, 2.75) is 24.7 Å². The maximum atomic E-state index is 13.3. The summed E-state index contributed by atoms with van der Waals surface area (Å²) in [5.41, 5.74) is 6.44. The van der Waals surface area contributed by atoms with E-state index in [-0.39, 0.29) is 11.6 Å². The Kier molecular flexibility index (Phi) is 6.65. The lowest BCUT2D eigenvalue weighted by Gasteiger charge is -2.34. The minimum absolute atomic E-state index is 0.0741. The second-order valence-electron chi connectivity index (χ2n) is 8.82. The summed E-state index contributed by atoms with van der Waals surface area (Å²) < 4.78 is 49.0. The normalized spacial score (nSPS) is 17.3. The van der Waals surface area contributed by atoms with E-state index < -0.39 is 23.6 Å². The van der Waals surface area contributed by atoms with Gasteiger partial charge in [0, 0.05) is 18.7 Å². The quantitative estimate of drug-likeness (QED) is 0.471. The minimum Gasteiger partial charge on any atom is -0.404 e. The average Bonchev–Trinajstić information content (AvgIpc) is 3.54. The highest BCUT2D eigenvalue weighted by molar-refractivity contribution is 7.16. The summed E-state index contributed by atoms with van der Waals surface area (Å²) in [5, 5.41) is 3.27. The number of thiazole rings is 1. The van der Waals surface area contributed by atoms with Crippen molar-refractivity contribution in [2.75, 3.05) is 31.6 Å². The Bertz CT molecular complexity index is 1330. The maximum Gasteiger partial charge on any atom is 0.573 e. The fraction of sp³-hybridized carbons (Fsp3) is 0.320. The van der Waals surface area contributed by atoms with Gasteiger partial charge in [0.05, 0.1) is 25.1 Å². The highest BCUT2D eigenvalue weighted by Crippen LogP contribution is 2.44. The molecule has 2 fully saturated rings. The zero-order valence-electron chi connectivity index (χ0n) is 19.5. The molecule has 1 saturated carbocycles. The summed E-state index contributed by atoms with van der Waals surface area (Å²) in [5.74, 6) is -1.44. The molecule has 5 rings (SSSR count). The summed E-state index contributed by atoms with van der Waals surface area (Å²) in [4.78, 5) is 31.3. The van der Waals surface area contributed by atoms with E-state index in [4.69, 9.17) is 10.5 Å². The lowest BCUT2D eigenvalue weighted by Crippen LogP contribution is -2.51. The van der Waals surface area contributed by atoms with E-state index in [0.717, 1.165) is 11.3 Å². The second kappa shape index (κ2) is 9.77. The zero-order chi connectivity index (χ0) is 26.2. The summed E-state index contributed by atoms with van der Waals surface area (Å²) >= 11 is 1.14. The van der Waals surface area contributed by atoms with Crippen molar-refractivity contribution in [3.63, 3.8) is 0 Å². The van der Waals surface area contributed by atoms with Crippen molar-refractivity contribution in [3.8, 4) is 27.4 Å². The number of nitrogens with one attached hydrogen (secondary N) is 1. The number of nitrogens with zero attached hydrogens (tertiary/aromatic N) is 2.